The van der Waals surface area contributed by atoms with Crippen molar-refractivity contribution < 1.29 is 34.6 Å². The van der Waals surface area contributed by atoms with E-state index < -0.39 is 41.0 Å². The second-order valence-corrected chi connectivity index (χ2v) is 11.7. The highest BCUT2D eigenvalue weighted by molar-refractivity contribution is 5.41. The molecule has 4 N–H and O–H groups in total. The smallest absolute Gasteiger partial charge is 0.136 e. The SMILES string of the molecule is CCN1C[C@]2(COC)CC[C@H](O)[C@@]34[C@@H]5C[C@H]6[C@H](OC)[C@@H]5[C@](O)(C[C@@H]6O)[C@@](O)([C@@H](OC)[C@H]23)[C@@H]14. The van der Waals surface area contributed by atoms with Crippen LogP contribution in [0.3, 0.4) is 0 Å². The number of fused-ring (bicyclic) bond motifs is 2. The summed E-state index contributed by atoms with van der Waals surface area (Å²) in [6, 6.07) is -0.442. The lowest BCUT2D eigenvalue weighted by Crippen LogP contribution is -2.82. The molecule has 1 heterocycles. The first-order valence-electron chi connectivity index (χ1n) is 12.3. The molecule has 8 heteroatoms. The van der Waals surface area contributed by atoms with Crippen LogP contribution in [-0.4, -0.2) is 108 Å². The molecule has 13 atom stereocenters. The monoisotopic (exact) mass is 453 g/mol. The van der Waals surface area contributed by atoms with Crippen molar-refractivity contribution in [3.05, 3.63) is 0 Å². The zero-order valence-electron chi connectivity index (χ0n) is 19.6. The summed E-state index contributed by atoms with van der Waals surface area (Å²) in [5.41, 5.74) is -4.11. The predicted octanol–water partition coefficient (Wildman–Crippen LogP) is -0.383. The summed E-state index contributed by atoms with van der Waals surface area (Å²) in [6.07, 6.45) is -0.157. The third-order valence-electron chi connectivity index (χ3n) is 11.2. The molecule has 0 amide bonds. The van der Waals surface area contributed by atoms with Gasteiger partial charge in [0.2, 0.25) is 0 Å². The molecule has 0 aromatic heterocycles. The van der Waals surface area contributed by atoms with Gasteiger partial charge in [0.1, 0.15) is 11.2 Å². The summed E-state index contributed by atoms with van der Waals surface area (Å²) in [7, 11) is 4.97. The second kappa shape index (κ2) is 6.66. The van der Waals surface area contributed by atoms with Crippen molar-refractivity contribution in [1.29, 1.82) is 0 Å². The van der Waals surface area contributed by atoms with Gasteiger partial charge in [0.05, 0.1) is 37.1 Å². The maximum absolute atomic E-state index is 12.8. The quantitative estimate of drug-likeness (QED) is 0.446. The molecule has 6 rings (SSSR count). The summed E-state index contributed by atoms with van der Waals surface area (Å²) in [5.74, 6) is -0.671. The van der Waals surface area contributed by atoms with E-state index in [1.54, 1.807) is 21.3 Å². The summed E-state index contributed by atoms with van der Waals surface area (Å²) in [6.45, 7) is 4.06. The minimum atomic E-state index is -1.63. The number of piperidine rings is 1. The fraction of sp³-hybridized carbons (Fsp3) is 1.00. The van der Waals surface area contributed by atoms with Crippen LogP contribution in [-0.2, 0) is 14.2 Å². The van der Waals surface area contributed by atoms with Gasteiger partial charge < -0.3 is 34.6 Å². The van der Waals surface area contributed by atoms with Gasteiger partial charge in [-0.15, -0.1) is 0 Å². The number of hydrogen-bond donors (Lipinski definition) is 4. The third kappa shape index (κ3) is 1.99. The highest BCUT2D eigenvalue weighted by Gasteiger charge is 2.91. The van der Waals surface area contributed by atoms with Crippen molar-refractivity contribution >= 4 is 0 Å². The van der Waals surface area contributed by atoms with Gasteiger partial charge in [0.25, 0.3) is 0 Å². The number of aliphatic hydroxyl groups is 4. The van der Waals surface area contributed by atoms with Gasteiger partial charge in [0.15, 0.2) is 0 Å². The predicted molar refractivity (Wildman–Crippen MR) is 114 cm³/mol. The fourth-order valence-corrected chi connectivity index (χ4v) is 10.8. The van der Waals surface area contributed by atoms with Crippen molar-refractivity contribution in [2.24, 2.45) is 34.5 Å². The number of likely N-dealkylation sites (N-methyl/N-ethyl adjacent to an activating group) is 1. The van der Waals surface area contributed by atoms with Crippen molar-refractivity contribution in [2.75, 3.05) is 41.0 Å². The standard InChI is InChI=1S/C24H39NO7/c1-5-25-10-21(11-30-2)7-6-15(27)23-13-8-12-14(26)9-22(28,16(13)17(12)31-3)24(29,20(23)25)19(32-4)18(21)23/h12-20,26-29H,5-11H2,1-4H3/t12-,13-,14+,15+,16-,17+,18-,19+,20+,21+,22-,23+,24-/m1/s1. The van der Waals surface area contributed by atoms with E-state index in [-0.39, 0.29) is 41.6 Å². The first kappa shape index (κ1) is 22.2. The van der Waals surface area contributed by atoms with Crippen LogP contribution in [0.2, 0.25) is 0 Å². The van der Waals surface area contributed by atoms with Crippen LogP contribution in [0.4, 0.5) is 0 Å². The number of ether oxygens (including phenoxy) is 3. The molecule has 32 heavy (non-hydrogen) atoms. The largest absolute Gasteiger partial charge is 0.393 e. The van der Waals surface area contributed by atoms with E-state index in [9.17, 15) is 20.4 Å². The van der Waals surface area contributed by atoms with E-state index in [1.165, 1.54) is 0 Å². The Hall–Kier alpha value is -0.320. The Kier molecular flexibility index (Phi) is 4.62. The molecule has 0 radical (unpaired) electrons. The van der Waals surface area contributed by atoms with Gasteiger partial charge in [-0.05, 0) is 31.7 Å². The Bertz CT molecular complexity index is 794. The Balaban J connectivity index is 1.68. The summed E-state index contributed by atoms with van der Waals surface area (Å²) < 4.78 is 17.9. The molecular weight excluding hydrogens is 414 g/mol. The van der Waals surface area contributed by atoms with Gasteiger partial charge >= 0.3 is 0 Å². The molecule has 6 aliphatic rings. The van der Waals surface area contributed by atoms with Gasteiger partial charge in [-0.25, -0.2) is 0 Å². The fourth-order valence-electron chi connectivity index (χ4n) is 10.8. The molecule has 5 aliphatic carbocycles. The number of nitrogens with zero attached hydrogens (tertiary/aromatic N) is 1. The molecule has 0 aromatic carbocycles. The van der Waals surface area contributed by atoms with E-state index in [0.717, 1.165) is 13.0 Å². The van der Waals surface area contributed by atoms with Crippen LogP contribution in [0.25, 0.3) is 0 Å². The zero-order valence-corrected chi connectivity index (χ0v) is 19.6. The van der Waals surface area contributed by atoms with E-state index in [2.05, 4.69) is 11.8 Å². The minimum absolute atomic E-state index is 0.0732. The van der Waals surface area contributed by atoms with Gasteiger partial charge in [-0.2, -0.15) is 0 Å². The van der Waals surface area contributed by atoms with E-state index in [1.807, 2.05) is 0 Å². The van der Waals surface area contributed by atoms with Gasteiger partial charge in [-0.1, -0.05) is 6.92 Å². The first-order valence-corrected chi connectivity index (χ1v) is 12.3. The molecule has 1 spiro atoms. The van der Waals surface area contributed by atoms with Crippen LogP contribution in [0.1, 0.15) is 32.6 Å². The lowest BCUT2D eigenvalue weighted by molar-refractivity contribution is -0.318. The lowest BCUT2D eigenvalue weighted by atomic mass is 9.42. The average molecular weight is 454 g/mol. The van der Waals surface area contributed by atoms with Crippen LogP contribution in [0, 0.1) is 34.5 Å². The molecule has 1 aliphatic heterocycles. The maximum Gasteiger partial charge on any atom is 0.136 e. The van der Waals surface area contributed by atoms with E-state index in [4.69, 9.17) is 14.2 Å². The lowest BCUT2D eigenvalue weighted by Gasteiger charge is -2.69. The molecule has 8 nitrogen and oxygen atoms in total. The van der Waals surface area contributed by atoms with Crippen molar-refractivity contribution in [3.8, 4) is 0 Å². The van der Waals surface area contributed by atoms with E-state index >= 15 is 0 Å². The van der Waals surface area contributed by atoms with Gasteiger partial charge in [0, 0.05) is 62.9 Å². The normalized spacial score (nSPS) is 62.4. The topological polar surface area (TPSA) is 112 Å². The van der Waals surface area contributed by atoms with Crippen molar-refractivity contribution in [2.45, 2.75) is 74.3 Å². The highest BCUT2D eigenvalue weighted by atomic mass is 16.5. The summed E-state index contributed by atoms with van der Waals surface area (Å²) in [4.78, 5) is 2.28. The first-order chi connectivity index (χ1) is 15.2. The van der Waals surface area contributed by atoms with Crippen LogP contribution < -0.4 is 0 Å². The summed E-state index contributed by atoms with van der Waals surface area (Å²) >= 11 is 0. The number of rotatable bonds is 5. The molecule has 5 saturated carbocycles. The number of methoxy groups -OCH3 is 3. The number of aliphatic hydroxyl groups excluding tert-OH is 2. The second-order valence-electron chi connectivity index (χ2n) is 11.7. The molecule has 7 bridgehead atoms. The number of hydrogen-bond acceptors (Lipinski definition) is 8. The molecule has 182 valence electrons. The van der Waals surface area contributed by atoms with Gasteiger partial charge in [-0.3, -0.25) is 4.90 Å². The molecule has 1 saturated heterocycles. The average Bonchev–Trinajstić information content (AvgIpc) is 3.20. The zero-order chi connectivity index (χ0) is 22.8. The Morgan fingerprint density at radius 1 is 1.09 bits per heavy atom. The van der Waals surface area contributed by atoms with Crippen LogP contribution in [0.5, 0.6) is 0 Å². The Morgan fingerprint density at radius 2 is 1.84 bits per heavy atom. The highest BCUT2D eigenvalue weighted by Crippen LogP contribution is 2.80. The maximum atomic E-state index is 12.8. The van der Waals surface area contributed by atoms with E-state index in [0.29, 0.717) is 26.0 Å². The molecule has 0 unspecified atom stereocenters. The molecule has 0 aromatic rings. The third-order valence-corrected chi connectivity index (χ3v) is 11.2. The number of likely N-dealkylation sites (tertiary alicyclic amines) is 1. The van der Waals surface area contributed by atoms with Crippen molar-refractivity contribution in [3.63, 3.8) is 0 Å². The molecular formula is C24H39NO7. The Morgan fingerprint density at radius 3 is 2.47 bits per heavy atom. The van der Waals surface area contributed by atoms with Crippen LogP contribution >= 0.6 is 0 Å². The minimum Gasteiger partial charge on any atom is -0.393 e. The Labute approximate surface area is 189 Å². The molecule has 6 fully saturated rings. The van der Waals surface area contributed by atoms with Crippen LogP contribution in [0.15, 0.2) is 0 Å². The van der Waals surface area contributed by atoms with Crippen molar-refractivity contribution in [1.82, 2.24) is 4.90 Å². The summed E-state index contributed by atoms with van der Waals surface area (Å²) in [5, 5.41) is 48.2.